The fourth-order valence-electron chi connectivity index (χ4n) is 2.44. The van der Waals surface area contributed by atoms with Crippen LogP contribution in [0.2, 0.25) is 0 Å². The van der Waals surface area contributed by atoms with E-state index in [-0.39, 0.29) is 18.3 Å². The third-order valence-electron chi connectivity index (χ3n) is 3.84. The van der Waals surface area contributed by atoms with Gasteiger partial charge in [-0.3, -0.25) is 9.00 Å². The fourth-order valence-corrected chi connectivity index (χ4v) is 2.96. The highest BCUT2D eigenvalue weighted by Crippen LogP contribution is 2.21. The number of rotatable bonds is 5. The van der Waals surface area contributed by atoms with Crippen LogP contribution < -0.4 is 5.73 Å². The standard InChI is InChI=1S/C18H22N2O2S.ClH/c1-18(19,15-7-5-4-6-8-15)17(21)20(2)13-14-9-11-16(12-10-14)23(3)22;/h4-12H,13,19H2,1-3H3;1H. The van der Waals surface area contributed by atoms with Crippen molar-refractivity contribution in [1.29, 1.82) is 0 Å². The molecule has 6 heteroatoms. The molecule has 130 valence electrons. The van der Waals surface area contributed by atoms with Gasteiger partial charge in [0.15, 0.2) is 0 Å². The van der Waals surface area contributed by atoms with Crippen LogP contribution in [0.15, 0.2) is 59.5 Å². The van der Waals surface area contributed by atoms with Crippen LogP contribution >= 0.6 is 12.4 Å². The first-order valence-corrected chi connectivity index (χ1v) is 8.90. The number of likely N-dealkylation sites (N-methyl/N-ethyl adjacent to an activating group) is 1. The van der Waals surface area contributed by atoms with Crippen molar-refractivity contribution in [1.82, 2.24) is 4.90 Å². The molecule has 0 bridgehead atoms. The lowest BCUT2D eigenvalue weighted by Crippen LogP contribution is -2.49. The summed E-state index contributed by atoms with van der Waals surface area (Å²) in [6.45, 7) is 2.18. The van der Waals surface area contributed by atoms with Crippen LogP contribution in [-0.2, 0) is 27.7 Å². The summed E-state index contributed by atoms with van der Waals surface area (Å²) in [6.07, 6.45) is 1.64. The lowest BCUT2D eigenvalue weighted by atomic mass is 9.91. The van der Waals surface area contributed by atoms with Gasteiger partial charge in [0.25, 0.3) is 0 Å². The number of nitrogens with zero attached hydrogens (tertiary/aromatic N) is 1. The Morgan fingerprint density at radius 1 is 1.12 bits per heavy atom. The Hall–Kier alpha value is -1.69. The third-order valence-corrected chi connectivity index (χ3v) is 4.78. The van der Waals surface area contributed by atoms with E-state index in [1.807, 2.05) is 54.6 Å². The van der Waals surface area contributed by atoms with Gasteiger partial charge in [-0.25, -0.2) is 0 Å². The molecule has 0 saturated carbocycles. The first kappa shape index (κ1) is 20.4. The Balaban J connectivity index is 0.00000288. The molecule has 2 aromatic carbocycles. The monoisotopic (exact) mass is 366 g/mol. The fraction of sp³-hybridized carbons (Fsp3) is 0.278. The molecule has 0 aromatic heterocycles. The molecule has 0 heterocycles. The Bertz CT molecular complexity index is 703. The summed E-state index contributed by atoms with van der Waals surface area (Å²) in [5, 5.41) is 0. The minimum Gasteiger partial charge on any atom is -0.340 e. The molecule has 1 amide bonds. The zero-order valence-corrected chi connectivity index (χ0v) is 15.7. The van der Waals surface area contributed by atoms with E-state index in [4.69, 9.17) is 5.73 Å². The summed E-state index contributed by atoms with van der Waals surface area (Å²) in [5.41, 5.74) is 6.96. The molecule has 0 spiro atoms. The van der Waals surface area contributed by atoms with Crippen LogP contribution in [-0.4, -0.2) is 28.3 Å². The average Bonchev–Trinajstić information content (AvgIpc) is 2.55. The quantitative estimate of drug-likeness (QED) is 0.884. The third kappa shape index (κ3) is 4.66. The van der Waals surface area contributed by atoms with Crippen LogP contribution in [0.1, 0.15) is 18.1 Å². The molecular formula is C18H23ClN2O2S. The maximum absolute atomic E-state index is 12.7. The molecule has 2 rings (SSSR count). The molecule has 4 nitrogen and oxygen atoms in total. The van der Waals surface area contributed by atoms with Gasteiger partial charge in [0, 0.05) is 35.5 Å². The van der Waals surface area contributed by atoms with E-state index in [2.05, 4.69) is 0 Å². The van der Waals surface area contributed by atoms with Gasteiger partial charge in [0.05, 0.1) is 0 Å². The summed E-state index contributed by atoms with van der Waals surface area (Å²) in [7, 11) is 0.740. The van der Waals surface area contributed by atoms with Gasteiger partial charge in [-0.2, -0.15) is 0 Å². The summed E-state index contributed by atoms with van der Waals surface area (Å²) < 4.78 is 11.4. The average molecular weight is 367 g/mol. The first-order chi connectivity index (χ1) is 10.8. The lowest BCUT2D eigenvalue weighted by Gasteiger charge is -2.29. The maximum Gasteiger partial charge on any atom is 0.247 e. The molecule has 0 saturated heterocycles. The van der Waals surface area contributed by atoms with Gasteiger partial charge in [-0.05, 0) is 30.2 Å². The van der Waals surface area contributed by atoms with E-state index in [0.29, 0.717) is 6.54 Å². The number of benzene rings is 2. The van der Waals surface area contributed by atoms with Crippen molar-refractivity contribution in [3.05, 3.63) is 65.7 Å². The zero-order valence-electron chi connectivity index (χ0n) is 14.1. The largest absolute Gasteiger partial charge is 0.340 e. The van der Waals surface area contributed by atoms with Gasteiger partial charge < -0.3 is 10.6 Å². The van der Waals surface area contributed by atoms with Crippen LogP contribution in [0.4, 0.5) is 0 Å². The SMILES string of the molecule is CN(Cc1ccc(S(C)=O)cc1)C(=O)C(C)(N)c1ccccc1.Cl. The smallest absolute Gasteiger partial charge is 0.247 e. The highest BCUT2D eigenvalue weighted by Gasteiger charge is 2.32. The molecule has 24 heavy (non-hydrogen) atoms. The van der Waals surface area contributed by atoms with Crippen LogP contribution in [0.5, 0.6) is 0 Å². The Kier molecular flexibility index (Phi) is 7.14. The van der Waals surface area contributed by atoms with E-state index in [0.717, 1.165) is 16.0 Å². The van der Waals surface area contributed by atoms with Crippen molar-refractivity contribution >= 4 is 29.1 Å². The molecule has 0 fully saturated rings. The molecule has 2 N–H and O–H groups in total. The van der Waals surface area contributed by atoms with E-state index in [1.54, 1.807) is 25.1 Å². The van der Waals surface area contributed by atoms with Crippen molar-refractivity contribution in [2.75, 3.05) is 13.3 Å². The summed E-state index contributed by atoms with van der Waals surface area (Å²) >= 11 is 0. The van der Waals surface area contributed by atoms with E-state index >= 15 is 0 Å². The minimum absolute atomic E-state index is 0. The second-order valence-corrected chi connectivity index (χ2v) is 7.21. The van der Waals surface area contributed by atoms with Gasteiger partial charge >= 0.3 is 0 Å². The number of amides is 1. The highest BCUT2D eigenvalue weighted by atomic mass is 35.5. The number of carbonyl (C=O) groups excluding carboxylic acids is 1. The molecule has 0 aliphatic rings. The van der Waals surface area contributed by atoms with E-state index in [9.17, 15) is 9.00 Å². The van der Waals surface area contributed by atoms with Crippen molar-refractivity contribution < 1.29 is 9.00 Å². The molecule has 2 atom stereocenters. The lowest BCUT2D eigenvalue weighted by molar-refractivity contribution is -0.136. The number of hydrogen-bond donors (Lipinski definition) is 1. The number of hydrogen-bond acceptors (Lipinski definition) is 3. The molecule has 0 aliphatic carbocycles. The Morgan fingerprint density at radius 2 is 1.67 bits per heavy atom. The van der Waals surface area contributed by atoms with Gasteiger partial charge in [-0.15, -0.1) is 12.4 Å². The van der Waals surface area contributed by atoms with Gasteiger partial charge in [0.2, 0.25) is 5.91 Å². The topological polar surface area (TPSA) is 63.4 Å². The van der Waals surface area contributed by atoms with Gasteiger partial charge in [0.1, 0.15) is 5.54 Å². The Labute approximate surface area is 151 Å². The highest BCUT2D eigenvalue weighted by molar-refractivity contribution is 7.84. The van der Waals surface area contributed by atoms with E-state index in [1.165, 1.54) is 0 Å². The zero-order chi connectivity index (χ0) is 17.0. The number of nitrogens with two attached hydrogens (primary N) is 1. The van der Waals surface area contributed by atoms with Crippen molar-refractivity contribution in [3.8, 4) is 0 Å². The molecule has 0 radical (unpaired) electrons. The van der Waals surface area contributed by atoms with Crippen LogP contribution in [0.25, 0.3) is 0 Å². The second-order valence-electron chi connectivity index (χ2n) is 5.83. The Morgan fingerprint density at radius 3 is 2.17 bits per heavy atom. The summed E-state index contributed by atoms with van der Waals surface area (Å²) in [6, 6.07) is 16.8. The maximum atomic E-state index is 12.7. The van der Waals surface area contributed by atoms with Crippen LogP contribution in [0, 0.1) is 0 Å². The van der Waals surface area contributed by atoms with Crippen LogP contribution in [0.3, 0.4) is 0 Å². The number of halogens is 1. The normalized spacial score (nSPS) is 14.2. The molecular weight excluding hydrogens is 344 g/mol. The van der Waals surface area contributed by atoms with Crippen molar-refractivity contribution in [3.63, 3.8) is 0 Å². The summed E-state index contributed by atoms with van der Waals surface area (Å²) in [4.78, 5) is 15.1. The van der Waals surface area contributed by atoms with Crippen molar-refractivity contribution in [2.24, 2.45) is 5.73 Å². The second kappa shape index (κ2) is 8.42. The first-order valence-electron chi connectivity index (χ1n) is 7.34. The van der Waals surface area contributed by atoms with Crippen molar-refractivity contribution in [2.45, 2.75) is 23.9 Å². The van der Waals surface area contributed by atoms with E-state index < -0.39 is 16.3 Å². The number of carbonyl (C=O) groups is 1. The minimum atomic E-state index is -1.07. The predicted molar refractivity (Wildman–Crippen MR) is 100 cm³/mol. The summed E-state index contributed by atoms with van der Waals surface area (Å²) in [5.74, 6) is -0.146. The molecule has 2 aromatic rings. The predicted octanol–water partition coefficient (Wildman–Crippen LogP) is 2.68. The van der Waals surface area contributed by atoms with Gasteiger partial charge in [-0.1, -0.05) is 42.5 Å². The molecule has 0 aliphatic heterocycles. The molecule has 2 unspecified atom stereocenters.